The van der Waals surface area contributed by atoms with Crippen molar-refractivity contribution in [2.45, 2.75) is 40.7 Å². The Balaban J connectivity index is 2.16. The van der Waals surface area contributed by atoms with Crippen molar-refractivity contribution in [3.05, 3.63) is 52.3 Å². The van der Waals surface area contributed by atoms with Crippen LogP contribution >= 0.6 is 0 Å². The van der Waals surface area contributed by atoms with Crippen LogP contribution in [-0.2, 0) is 13.0 Å². The molecular weight excluding hydrogens is 258 g/mol. The summed E-state index contributed by atoms with van der Waals surface area (Å²) in [5, 5.41) is 7.99. The Labute approximate surface area is 128 Å². The Hall–Kier alpha value is -1.61. The van der Waals surface area contributed by atoms with Gasteiger partial charge >= 0.3 is 0 Å². The molecule has 0 aliphatic rings. The third kappa shape index (κ3) is 3.94. The summed E-state index contributed by atoms with van der Waals surface area (Å²) >= 11 is 0. The molecule has 0 amide bonds. The molecule has 21 heavy (non-hydrogen) atoms. The van der Waals surface area contributed by atoms with Crippen molar-refractivity contribution in [2.24, 2.45) is 5.92 Å². The fourth-order valence-corrected chi connectivity index (χ4v) is 2.82. The van der Waals surface area contributed by atoms with Crippen LogP contribution in [0, 0.1) is 26.7 Å². The van der Waals surface area contributed by atoms with Gasteiger partial charge in [0.15, 0.2) is 0 Å². The summed E-state index contributed by atoms with van der Waals surface area (Å²) < 4.78 is 2.14. The largest absolute Gasteiger partial charge is 0.319 e. The van der Waals surface area contributed by atoms with Gasteiger partial charge in [0.2, 0.25) is 0 Å². The Morgan fingerprint density at radius 3 is 2.43 bits per heavy atom. The predicted molar refractivity (Wildman–Crippen MR) is 88.8 cm³/mol. The lowest BCUT2D eigenvalue weighted by Crippen LogP contribution is -2.18. The molecule has 1 aromatic carbocycles. The molecular formula is C18H27N3. The molecule has 1 heterocycles. The van der Waals surface area contributed by atoms with Crippen molar-refractivity contribution >= 4 is 0 Å². The number of nitrogens with zero attached hydrogens (tertiary/aromatic N) is 2. The van der Waals surface area contributed by atoms with Crippen molar-refractivity contribution in [2.75, 3.05) is 13.6 Å². The lowest BCUT2D eigenvalue weighted by atomic mass is 9.99. The van der Waals surface area contributed by atoms with Crippen LogP contribution in [0.2, 0.25) is 0 Å². The highest BCUT2D eigenvalue weighted by molar-refractivity contribution is 5.27. The van der Waals surface area contributed by atoms with Gasteiger partial charge in [-0.25, -0.2) is 0 Å². The van der Waals surface area contributed by atoms with Crippen molar-refractivity contribution in [1.29, 1.82) is 0 Å². The van der Waals surface area contributed by atoms with E-state index in [1.807, 2.05) is 7.05 Å². The third-order valence-electron chi connectivity index (χ3n) is 4.09. The fraction of sp³-hybridized carbons (Fsp3) is 0.500. The Morgan fingerprint density at radius 2 is 1.81 bits per heavy atom. The highest BCUT2D eigenvalue weighted by Crippen LogP contribution is 2.18. The standard InChI is InChI=1S/C18H27N3/c1-13-6-8-17(9-7-13)12-21-16(4)18(15(3)20-21)10-14(2)11-19-5/h6-9,14,19H,10-12H2,1-5H3. The van der Waals surface area contributed by atoms with Crippen molar-refractivity contribution in [3.63, 3.8) is 0 Å². The monoisotopic (exact) mass is 285 g/mol. The second-order valence-corrected chi connectivity index (χ2v) is 6.16. The van der Waals surface area contributed by atoms with Gasteiger partial charge in [0.25, 0.3) is 0 Å². The molecule has 3 heteroatoms. The molecule has 2 rings (SSSR count). The summed E-state index contributed by atoms with van der Waals surface area (Å²) in [4.78, 5) is 0. The van der Waals surface area contributed by atoms with Crippen molar-refractivity contribution in [1.82, 2.24) is 15.1 Å². The smallest absolute Gasteiger partial charge is 0.0662 e. The first-order valence-corrected chi connectivity index (χ1v) is 7.74. The molecule has 2 aromatic rings. The Kier molecular flexibility index (Phi) is 5.18. The summed E-state index contributed by atoms with van der Waals surface area (Å²) in [6.07, 6.45) is 1.09. The molecule has 1 atom stereocenters. The number of aryl methyl sites for hydroxylation is 2. The van der Waals surface area contributed by atoms with Crippen LogP contribution in [0.25, 0.3) is 0 Å². The molecule has 0 saturated carbocycles. The molecule has 1 aromatic heterocycles. The summed E-state index contributed by atoms with van der Waals surface area (Å²) in [5.74, 6) is 0.629. The van der Waals surface area contributed by atoms with E-state index in [0.29, 0.717) is 5.92 Å². The van der Waals surface area contributed by atoms with Gasteiger partial charge in [0.05, 0.1) is 12.2 Å². The molecule has 0 spiro atoms. The highest BCUT2D eigenvalue weighted by Gasteiger charge is 2.14. The van der Waals surface area contributed by atoms with Crippen molar-refractivity contribution in [3.8, 4) is 0 Å². The van der Waals surface area contributed by atoms with Crippen molar-refractivity contribution < 1.29 is 0 Å². The van der Waals surface area contributed by atoms with E-state index in [1.165, 1.54) is 28.1 Å². The SMILES string of the molecule is CNCC(C)Cc1c(C)nn(Cc2ccc(C)cc2)c1C. The summed E-state index contributed by atoms with van der Waals surface area (Å²) in [6, 6.07) is 8.71. The molecule has 0 saturated heterocycles. The second kappa shape index (κ2) is 6.90. The predicted octanol–water partition coefficient (Wildman–Crippen LogP) is 3.25. The molecule has 0 radical (unpaired) electrons. The fourth-order valence-electron chi connectivity index (χ4n) is 2.82. The minimum atomic E-state index is 0.629. The van der Waals surface area contributed by atoms with E-state index in [4.69, 9.17) is 5.10 Å². The Bertz CT molecular complexity index is 581. The molecule has 0 aliphatic carbocycles. The van der Waals surface area contributed by atoms with Gasteiger partial charge < -0.3 is 5.32 Å². The van der Waals surface area contributed by atoms with Gasteiger partial charge in [-0.15, -0.1) is 0 Å². The lowest BCUT2D eigenvalue weighted by Gasteiger charge is -2.11. The first-order valence-electron chi connectivity index (χ1n) is 7.74. The van der Waals surface area contributed by atoms with Crippen LogP contribution in [0.15, 0.2) is 24.3 Å². The molecule has 3 nitrogen and oxygen atoms in total. The summed E-state index contributed by atoms with van der Waals surface area (Å²) in [7, 11) is 2.01. The molecule has 1 unspecified atom stereocenters. The van der Waals surface area contributed by atoms with Gasteiger partial charge in [0, 0.05) is 5.69 Å². The molecule has 114 valence electrons. The highest BCUT2D eigenvalue weighted by atomic mass is 15.3. The Morgan fingerprint density at radius 1 is 1.14 bits per heavy atom. The van der Waals surface area contributed by atoms with Gasteiger partial charge in [-0.1, -0.05) is 36.8 Å². The number of benzene rings is 1. The summed E-state index contributed by atoms with van der Waals surface area (Å²) in [6.45, 7) is 10.6. The maximum atomic E-state index is 4.74. The van der Waals surface area contributed by atoms with Gasteiger partial charge in [-0.3, -0.25) is 4.68 Å². The number of nitrogens with one attached hydrogen (secondary N) is 1. The number of hydrogen-bond acceptors (Lipinski definition) is 2. The van der Waals surface area contributed by atoms with E-state index in [-0.39, 0.29) is 0 Å². The quantitative estimate of drug-likeness (QED) is 0.883. The van der Waals surface area contributed by atoms with E-state index < -0.39 is 0 Å². The molecule has 0 bridgehead atoms. The summed E-state index contributed by atoms with van der Waals surface area (Å²) in [5.41, 5.74) is 6.48. The average molecular weight is 285 g/mol. The van der Waals surface area contributed by atoms with E-state index in [9.17, 15) is 0 Å². The molecule has 0 aliphatic heterocycles. The van der Waals surface area contributed by atoms with Crippen LogP contribution in [0.1, 0.15) is 35.0 Å². The zero-order chi connectivity index (χ0) is 15.4. The topological polar surface area (TPSA) is 29.9 Å². The first-order chi connectivity index (χ1) is 10.0. The van der Waals surface area contributed by atoms with E-state index in [1.54, 1.807) is 0 Å². The number of hydrogen-bond donors (Lipinski definition) is 1. The number of rotatable bonds is 6. The zero-order valence-corrected chi connectivity index (χ0v) is 13.9. The van der Waals surface area contributed by atoms with Crippen LogP contribution in [0.5, 0.6) is 0 Å². The minimum absolute atomic E-state index is 0.629. The second-order valence-electron chi connectivity index (χ2n) is 6.16. The maximum Gasteiger partial charge on any atom is 0.0662 e. The minimum Gasteiger partial charge on any atom is -0.319 e. The maximum absolute atomic E-state index is 4.74. The average Bonchev–Trinajstić information content (AvgIpc) is 2.69. The van der Waals surface area contributed by atoms with Crippen LogP contribution in [0.4, 0.5) is 0 Å². The van der Waals surface area contributed by atoms with Gasteiger partial charge in [0.1, 0.15) is 0 Å². The first kappa shape index (κ1) is 15.8. The zero-order valence-electron chi connectivity index (χ0n) is 13.9. The van der Waals surface area contributed by atoms with Crippen LogP contribution in [0.3, 0.4) is 0 Å². The third-order valence-corrected chi connectivity index (χ3v) is 4.09. The molecule has 1 N–H and O–H groups in total. The number of aromatic nitrogens is 2. The van der Waals surface area contributed by atoms with Gasteiger partial charge in [-0.2, -0.15) is 5.10 Å². The van der Waals surface area contributed by atoms with E-state index >= 15 is 0 Å². The normalized spacial score (nSPS) is 12.6. The van der Waals surface area contributed by atoms with Crippen LogP contribution in [-0.4, -0.2) is 23.4 Å². The lowest BCUT2D eigenvalue weighted by molar-refractivity contribution is 0.538. The van der Waals surface area contributed by atoms with Gasteiger partial charge in [-0.05, 0) is 57.8 Å². The van der Waals surface area contributed by atoms with E-state index in [0.717, 1.165) is 19.5 Å². The van der Waals surface area contributed by atoms with Crippen LogP contribution < -0.4 is 5.32 Å². The van der Waals surface area contributed by atoms with E-state index in [2.05, 4.69) is 62.0 Å². The molecule has 0 fully saturated rings.